The molecule has 0 radical (unpaired) electrons. The van der Waals surface area contributed by atoms with E-state index in [1.54, 1.807) is 12.4 Å². The SMILES string of the molecule is O=C1CN2C=CN=Cc3cccc1c32. The number of hydrogen-bond donors (Lipinski definition) is 0. The lowest BCUT2D eigenvalue weighted by Gasteiger charge is -2.12. The van der Waals surface area contributed by atoms with Crippen LogP contribution in [0.1, 0.15) is 15.9 Å². The topological polar surface area (TPSA) is 32.7 Å². The average molecular weight is 184 g/mol. The van der Waals surface area contributed by atoms with Gasteiger partial charge in [-0.3, -0.25) is 9.79 Å². The molecular formula is C11H8N2O. The maximum atomic E-state index is 11.6. The van der Waals surface area contributed by atoms with Crippen LogP contribution in [0.2, 0.25) is 0 Å². The van der Waals surface area contributed by atoms with Crippen molar-refractivity contribution in [2.75, 3.05) is 11.4 Å². The Bertz CT molecular complexity index is 474. The first kappa shape index (κ1) is 7.50. The highest BCUT2D eigenvalue weighted by atomic mass is 16.1. The van der Waals surface area contributed by atoms with Gasteiger partial charge in [0.15, 0.2) is 5.78 Å². The molecule has 3 heteroatoms. The summed E-state index contributed by atoms with van der Waals surface area (Å²) in [5, 5.41) is 0. The average Bonchev–Trinajstić information content (AvgIpc) is 2.41. The van der Waals surface area contributed by atoms with Crippen molar-refractivity contribution in [1.82, 2.24) is 0 Å². The zero-order valence-corrected chi connectivity index (χ0v) is 7.47. The highest BCUT2D eigenvalue weighted by molar-refractivity contribution is 6.12. The van der Waals surface area contributed by atoms with Gasteiger partial charge in [-0.15, -0.1) is 0 Å². The van der Waals surface area contributed by atoms with Gasteiger partial charge < -0.3 is 4.90 Å². The van der Waals surface area contributed by atoms with Crippen LogP contribution in [0.4, 0.5) is 5.69 Å². The van der Waals surface area contributed by atoms with E-state index in [9.17, 15) is 4.79 Å². The lowest BCUT2D eigenvalue weighted by molar-refractivity contribution is 0.101. The Morgan fingerprint density at radius 3 is 3.21 bits per heavy atom. The second-order valence-electron chi connectivity index (χ2n) is 3.37. The molecule has 0 amide bonds. The van der Waals surface area contributed by atoms with Crippen molar-refractivity contribution in [1.29, 1.82) is 0 Å². The minimum atomic E-state index is 0.182. The Balaban J connectivity index is 2.34. The first-order valence-corrected chi connectivity index (χ1v) is 4.49. The van der Waals surface area contributed by atoms with Crippen molar-refractivity contribution in [3.05, 3.63) is 41.7 Å². The first-order valence-electron chi connectivity index (χ1n) is 4.49. The molecule has 2 aliphatic rings. The van der Waals surface area contributed by atoms with E-state index < -0.39 is 0 Å². The molecule has 0 N–H and O–H groups in total. The monoisotopic (exact) mass is 184 g/mol. The van der Waals surface area contributed by atoms with Gasteiger partial charge in [0, 0.05) is 29.7 Å². The van der Waals surface area contributed by atoms with Crippen LogP contribution in [0.15, 0.2) is 35.6 Å². The Morgan fingerprint density at radius 1 is 1.36 bits per heavy atom. The van der Waals surface area contributed by atoms with Crippen LogP contribution < -0.4 is 4.90 Å². The third-order valence-electron chi connectivity index (χ3n) is 2.52. The van der Waals surface area contributed by atoms with E-state index in [4.69, 9.17) is 0 Å². The number of nitrogens with zero attached hydrogens (tertiary/aromatic N) is 2. The molecular weight excluding hydrogens is 176 g/mol. The van der Waals surface area contributed by atoms with E-state index in [0.29, 0.717) is 6.54 Å². The van der Waals surface area contributed by atoms with Crippen molar-refractivity contribution in [3.8, 4) is 0 Å². The molecule has 0 saturated heterocycles. The predicted molar refractivity (Wildman–Crippen MR) is 54.9 cm³/mol. The van der Waals surface area contributed by atoms with E-state index in [1.165, 1.54) is 0 Å². The van der Waals surface area contributed by atoms with Gasteiger partial charge in [-0.2, -0.15) is 0 Å². The van der Waals surface area contributed by atoms with Gasteiger partial charge in [-0.05, 0) is 6.07 Å². The fraction of sp³-hybridized carbons (Fsp3) is 0.0909. The fourth-order valence-corrected chi connectivity index (χ4v) is 1.90. The summed E-state index contributed by atoms with van der Waals surface area (Å²) in [5.74, 6) is 0.182. The molecule has 1 aromatic carbocycles. The number of hydrogen-bond acceptors (Lipinski definition) is 3. The molecule has 14 heavy (non-hydrogen) atoms. The second-order valence-corrected chi connectivity index (χ2v) is 3.37. The lowest BCUT2D eigenvalue weighted by atomic mass is 10.1. The van der Waals surface area contributed by atoms with Crippen LogP contribution >= 0.6 is 0 Å². The Morgan fingerprint density at radius 2 is 2.29 bits per heavy atom. The molecule has 0 aromatic heterocycles. The number of aliphatic imine (C=N–C) groups is 1. The summed E-state index contributed by atoms with van der Waals surface area (Å²) < 4.78 is 0. The first-order chi connectivity index (χ1) is 6.86. The molecule has 2 aliphatic heterocycles. The van der Waals surface area contributed by atoms with Gasteiger partial charge >= 0.3 is 0 Å². The summed E-state index contributed by atoms with van der Waals surface area (Å²) in [4.78, 5) is 17.7. The summed E-state index contributed by atoms with van der Waals surface area (Å²) in [6, 6.07) is 5.74. The van der Waals surface area contributed by atoms with Crippen molar-refractivity contribution in [2.24, 2.45) is 4.99 Å². The quantitative estimate of drug-likeness (QED) is 0.613. The van der Waals surface area contributed by atoms with Crippen LogP contribution in [0.25, 0.3) is 0 Å². The van der Waals surface area contributed by atoms with Crippen LogP contribution in [0, 0.1) is 0 Å². The van der Waals surface area contributed by atoms with Crippen molar-refractivity contribution in [2.45, 2.75) is 0 Å². The van der Waals surface area contributed by atoms with E-state index in [1.807, 2.05) is 29.3 Å². The molecule has 0 saturated carbocycles. The number of Topliss-reactive ketones (excluding diaryl/α,β-unsaturated/α-hetero) is 1. The van der Waals surface area contributed by atoms with E-state index in [-0.39, 0.29) is 5.78 Å². The minimum absolute atomic E-state index is 0.182. The van der Waals surface area contributed by atoms with Gasteiger partial charge in [0.05, 0.1) is 12.2 Å². The van der Waals surface area contributed by atoms with E-state index >= 15 is 0 Å². The molecule has 0 atom stereocenters. The van der Waals surface area contributed by atoms with Gasteiger partial charge in [0.25, 0.3) is 0 Å². The summed E-state index contributed by atoms with van der Waals surface area (Å²) in [6.07, 6.45) is 5.34. The fourth-order valence-electron chi connectivity index (χ4n) is 1.90. The maximum absolute atomic E-state index is 11.6. The van der Waals surface area contributed by atoms with E-state index in [2.05, 4.69) is 4.99 Å². The maximum Gasteiger partial charge on any atom is 0.184 e. The molecule has 0 aliphatic carbocycles. The van der Waals surface area contributed by atoms with Crippen LogP contribution in [-0.4, -0.2) is 18.5 Å². The number of para-hydroxylation sites is 1. The molecule has 3 rings (SSSR count). The zero-order chi connectivity index (χ0) is 9.54. The lowest BCUT2D eigenvalue weighted by Crippen LogP contribution is -2.15. The largest absolute Gasteiger partial charge is 0.338 e. The van der Waals surface area contributed by atoms with Crippen LogP contribution in [0.5, 0.6) is 0 Å². The zero-order valence-electron chi connectivity index (χ0n) is 7.47. The smallest absolute Gasteiger partial charge is 0.184 e. The van der Waals surface area contributed by atoms with Gasteiger partial charge in [0.2, 0.25) is 0 Å². The molecule has 0 fully saturated rings. The van der Waals surface area contributed by atoms with Gasteiger partial charge in [0.1, 0.15) is 0 Å². The number of carbonyl (C=O) groups excluding carboxylic acids is 1. The third-order valence-corrected chi connectivity index (χ3v) is 2.52. The number of anilines is 1. The Kier molecular flexibility index (Phi) is 1.36. The summed E-state index contributed by atoms with van der Waals surface area (Å²) in [7, 11) is 0. The number of rotatable bonds is 0. The standard InChI is InChI=1S/C11H8N2O/c14-10-7-13-5-4-12-6-8-2-1-3-9(10)11(8)13/h1-6H,7H2. The highest BCUT2D eigenvalue weighted by Crippen LogP contribution is 2.32. The molecule has 2 heterocycles. The molecule has 68 valence electrons. The van der Waals surface area contributed by atoms with Crippen LogP contribution in [0.3, 0.4) is 0 Å². The number of ketones is 1. The molecule has 0 bridgehead atoms. The summed E-state index contributed by atoms with van der Waals surface area (Å²) in [5.41, 5.74) is 2.81. The number of benzene rings is 1. The van der Waals surface area contributed by atoms with E-state index in [0.717, 1.165) is 16.8 Å². The molecule has 3 nitrogen and oxygen atoms in total. The normalized spacial score (nSPS) is 17.1. The summed E-state index contributed by atoms with van der Waals surface area (Å²) >= 11 is 0. The van der Waals surface area contributed by atoms with Crippen molar-refractivity contribution in [3.63, 3.8) is 0 Å². The summed E-state index contributed by atoms with van der Waals surface area (Å²) in [6.45, 7) is 0.437. The molecule has 0 spiro atoms. The van der Waals surface area contributed by atoms with Gasteiger partial charge in [-0.25, -0.2) is 0 Å². The van der Waals surface area contributed by atoms with Gasteiger partial charge in [-0.1, -0.05) is 12.1 Å². The molecule has 1 aromatic rings. The molecule has 0 unspecified atom stereocenters. The third kappa shape index (κ3) is 0.865. The highest BCUT2D eigenvalue weighted by Gasteiger charge is 2.27. The van der Waals surface area contributed by atoms with Crippen molar-refractivity contribution < 1.29 is 4.79 Å². The minimum Gasteiger partial charge on any atom is -0.338 e. The Hall–Kier alpha value is -1.90. The number of carbonyl (C=O) groups is 1. The van der Waals surface area contributed by atoms with Crippen molar-refractivity contribution >= 4 is 17.7 Å². The Labute approximate surface area is 81.4 Å². The second kappa shape index (κ2) is 2.54. The predicted octanol–water partition coefficient (Wildman–Crippen LogP) is 1.59. The van der Waals surface area contributed by atoms with Crippen LogP contribution in [-0.2, 0) is 0 Å².